The molecule has 0 fully saturated rings. The summed E-state index contributed by atoms with van der Waals surface area (Å²) in [5.41, 5.74) is 0. The molecule has 18 heavy (non-hydrogen) atoms. The van der Waals surface area contributed by atoms with E-state index in [0.717, 1.165) is 13.1 Å². The Balaban J connectivity index is 2.41. The first kappa shape index (κ1) is 13.1. The molecule has 2 rings (SSSR count). The Bertz CT molecular complexity index is 412. The number of nitrogens with zero attached hydrogens (tertiary/aromatic N) is 1. The second-order valence-corrected chi connectivity index (χ2v) is 7.31. The molecule has 2 aromatic rings. The maximum Gasteiger partial charge on any atom is 0.175 e. The Kier molecular flexibility index (Phi) is 4.73. The fourth-order valence-corrected chi connectivity index (χ4v) is 5.61. The highest BCUT2D eigenvalue weighted by atomic mass is 28.3. The van der Waals surface area contributed by atoms with Crippen molar-refractivity contribution in [2.75, 3.05) is 13.1 Å². The first-order chi connectivity index (χ1) is 8.86. The van der Waals surface area contributed by atoms with Gasteiger partial charge < -0.3 is 4.57 Å². The lowest BCUT2D eigenvalue weighted by Crippen LogP contribution is -2.56. The molecule has 0 unspecified atom stereocenters. The predicted octanol–water partition coefficient (Wildman–Crippen LogP) is 1.87. The number of hydrogen-bond donors (Lipinski definition) is 0. The largest absolute Gasteiger partial charge is 0.320 e. The van der Waals surface area contributed by atoms with Crippen molar-refractivity contribution in [1.29, 1.82) is 0 Å². The number of rotatable bonds is 5. The van der Waals surface area contributed by atoms with Crippen LogP contribution < -0.4 is 10.4 Å². The second kappa shape index (κ2) is 6.52. The zero-order chi connectivity index (χ0) is 12.8. The van der Waals surface area contributed by atoms with E-state index in [2.05, 4.69) is 79.1 Å². The van der Waals surface area contributed by atoms with E-state index < -0.39 is 8.96 Å². The molecule has 0 radical (unpaired) electrons. The van der Waals surface area contributed by atoms with E-state index in [9.17, 15) is 0 Å². The van der Waals surface area contributed by atoms with E-state index in [4.69, 9.17) is 0 Å². The fraction of sp³-hybridized carbons (Fsp3) is 0.250. The quantitative estimate of drug-likeness (QED) is 0.737. The number of benzene rings is 2. The van der Waals surface area contributed by atoms with Crippen molar-refractivity contribution in [3.05, 3.63) is 60.7 Å². The molecular formula is C16H21NSi. The fourth-order valence-electron chi connectivity index (χ4n) is 2.47. The highest BCUT2D eigenvalue weighted by Crippen LogP contribution is 1.99. The lowest BCUT2D eigenvalue weighted by Gasteiger charge is -2.29. The van der Waals surface area contributed by atoms with Crippen LogP contribution in [0.3, 0.4) is 0 Å². The first-order valence-corrected chi connectivity index (χ1v) is 8.37. The van der Waals surface area contributed by atoms with E-state index in [0.29, 0.717) is 0 Å². The van der Waals surface area contributed by atoms with Crippen LogP contribution in [0.1, 0.15) is 13.8 Å². The molecule has 0 saturated heterocycles. The van der Waals surface area contributed by atoms with Crippen molar-refractivity contribution >= 4 is 19.3 Å². The van der Waals surface area contributed by atoms with Gasteiger partial charge in [0.1, 0.15) is 0 Å². The van der Waals surface area contributed by atoms with Gasteiger partial charge >= 0.3 is 0 Å². The van der Waals surface area contributed by atoms with Crippen LogP contribution >= 0.6 is 0 Å². The van der Waals surface area contributed by atoms with E-state index in [1.165, 1.54) is 10.4 Å². The van der Waals surface area contributed by atoms with Crippen LogP contribution in [0.5, 0.6) is 0 Å². The van der Waals surface area contributed by atoms with Crippen LogP contribution in [0, 0.1) is 0 Å². The molecule has 0 aliphatic heterocycles. The van der Waals surface area contributed by atoms with E-state index >= 15 is 0 Å². The normalized spacial score (nSPS) is 11.1. The van der Waals surface area contributed by atoms with Gasteiger partial charge in [-0.15, -0.1) is 0 Å². The SMILES string of the molecule is CCN(CC)[SiH](c1ccccc1)c1ccccc1. The summed E-state index contributed by atoms with van der Waals surface area (Å²) in [4.78, 5) is 0. The highest BCUT2D eigenvalue weighted by molar-refractivity contribution is 6.82. The highest BCUT2D eigenvalue weighted by Gasteiger charge is 2.21. The summed E-state index contributed by atoms with van der Waals surface area (Å²) in [6.07, 6.45) is 0. The Labute approximate surface area is 112 Å². The third kappa shape index (κ3) is 2.89. The van der Waals surface area contributed by atoms with E-state index in [-0.39, 0.29) is 0 Å². The van der Waals surface area contributed by atoms with Crippen LogP contribution in [0.15, 0.2) is 60.7 Å². The third-order valence-electron chi connectivity index (χ3n) is 3.41. The van der Waals surface area contributed by atoms with Gasteiger partial charge in [-0.25, -0.2) is 0 Å². The molecule has 0 atom stereocenters. The average molecular weight is 255 g/mol. The second-order valence-electron chi connectivity index (χ2n) is 4.45. The Morgan fingerprint density at radius 3 is 1.44 bits per heavy atom. The Morgan fingerprint density at radius 1 is 0.722 bits per heavy atom. The molecule has 2 heteroatoms. The van der Waals surface area contributed by atoms with Gasteiger partial charge in [0.25, 0.3) is 0 Å². The zero-order valence-electron chi connectivity index (χ0n) is 11.2. The lowest BCUT2D eigenvalue weighted by molar-refractivity contribution is 0.491. The molecule has 0 bridgehead atoms. The van der Waals surface area contributed by atoms with Crippen molar-refractivity contribution in [2.24, 2.45) is 0 Å². The average Bonchev–Trinajstić information content (AvgIpc) is 2.46. The first-order valence-electron chi connectivity index (χ1n) is 6.70. The van der Waals surface area contributed by atoms with Gasteiger partial charge in [0.05, 0.1) is 0 Å². The summed E-state index contributed by atoms with van der Waals surface area (Å²) >= 11 is 0. The van der Waals surface area contributed by atoms with Gasteiger partial charge in [-0.3, -0.25) is 0 Å². The molecule has 0 aliphatic carbocycles. The van der Waals surface area contributed by atoms with Crippen LogP contribution in [0.25, 0.3) is 0 Å². The monoisotopic (exact) mass is 255 g/mol. The van der Waals surface area contributed by atoms with Gasteiger partial charge in [0.15, 0.2) is 8.96 Å². The van der Waals surface area contributed by atoms with Crippen LogP contribution in [-0.4, -0.2) is 26.6 Å². The van der Waals surface area contributed by atoms with E-state index in [1.54, 1.807) is 0 Å². The standard InChI is InChI=1S/C16H21NSi/c1-3-17(4-2)18(15-11-7-5-8-12-15)16-13-9-6-10-14-16/h5-14,18H,3-4H2,1-2H3. The van der Waals surface area contributed by atoms with Crippen molar-refractivity contribution in [2.45, 2.75) is 13.8 Å². The molecule has 0 amide bonds. The smallest absolute Gasteiger partial charge is 0.175 e. The minimum Gasteiger partial charge on any atom is -0.320 e. The van der Waals surface area contributed by atoms with Gasteiger partial charge in [0, 0.05) is 0 Å². The molecule has 0 aromatic heterocycles. The summed E-state index contributed by atoms with van der Waals surface area (Å²) in [6, 6.07) is 21.9. The maximum absolute atomic E-state index is 2.63. The molecule has 1 nitrogen and oxygen atoms in total. The number of hydrogen-bond acceptors (Lipinski definition) is 1. The van der Waals surface area contributed by atoms with Crippen LogP contribution in [0.4, 0.5) is 0 Å². The van der Waals surface area contributed by atoms with Crippen molar-refractivity contribution in [3.63, 3.8) is 0 Å². The van der Waals surface area contributed by atoms with Gasteiger partial charge in [0.2, 0.25) is 0 Å². The molecular weight excluding hydrogens is 234 g/mol. The Hall–Kier alpha value is -1.38. The molecule has 0 spiro atoms. The molecule has 0 heterocycles. The van der Waals surface area contributed by atoms with Gasteiger partial charge in [-0.1, -0.05) is 74.5 Å². The summed E-state index contributed by atoms with van der Waals surface area (Å²) in [5, 5.41) is 3.01. The zero-order valence-corrected chi connectivity index (χ0v) is 12.4. The Morgan fingerprint density at radius 2 is 1.11 bits per heavy atom. The maximum atomic E-state index is 2.63. The van der Waals surface area contributed by atoms with Gasteiger partial charge in [-0.05, 0) is 23.5 Å². The van der Waals surface area contributed by atoms with Crippen LogP contribution in [0.2, 0.25) is 0 Å². The molecule has 0 aliphatic rings. The predicted molar refractivity (Wildman–Crippen MR) is 82.2 cm³/mol. The van der Waals surface area contributed by atoms with Crippen LogP contribution in [-0.2, 0) is 0 Å². The van der Waals surface area contributed by atoms with Crippen molar-refractivity contribution in [3.8, 4) is 0 Å². The molecule has 94 valence electrons. The van der Waals surface area contributed by atoms with Crippen molar-refractivity contribution < 1.29 is 0 Å². The minimum absolute atomic E-state index is 1.12. The molecule has 0 saturated carbocycles. The van der Waals surface area contributed by atoms with E-state index in [1.807, 2.05) is 0 Å². The summed E-state index contributed by atoms with van der Waals surface area (Å²) in [7, 11) is -1.23. The topological polar surface area (TPSA) is 3.24 Å². The minimum atomic E-state index is -1.23. The van der Waals surface area contributed by atoms with Gasteiger partial charge in [-0.2, -0.15) is 0 Å². The summed E-state index contributed by atoms with van der Waals surface area (Å²) in [6.45, 7) is 6.76. The summed E-state index contributed by atoms with van der Waals surface area (Å²) < 4.78 is 2.63. The third-order valence-corrected chi connectivity index (χ3v) is 6.90. The lowest BCUT2D eigenvalue weighted by atomic mass is 10.4. The molecule has 0 N–H and O–H groups in total. The molecule has 2 aromatic carbocycles. The summed E-state index contributed by atoms with van der Waals surface area (Å²) in [5.74, 6) is 0. The van der Waals surface area contributed by atoms with Crippen molar-refractivity contribution in [1.82, 2.24) is 4.57 Å².